The maximum atomic E-state index is 12.5. The summed E-state index contributed by atoms with van der Waals surface area (Å²) in [6, 6.07) is 3.20. The van der Waals surface area contributed by atoms with Crippen LogP contribution in [-0.2, 0) is 11.8 Å². The molecule has 0 saturated heterocycles. The second kappa shape index (κ2) is 3.97. The first-order valence-corrected chi connectivity index (χ1v) is 4.63. The summed E-state index contributed by atoms with van der Waals surface area (Å²) in [6.07, 6.45) is -4.45. The Morgan fingerprint density at radius 3 is 1.94 bits per heavy atom. The predicted molar refractivity (Wildman–Crippen MR) is 53.2 cm³/mol. The second-order valence-electron chi connectivity index (χ2n) is 4.01. The van der Waals surface area contributed by atoms with E-state index in [2.05, 4.69) is 0 Å². The summed E-state index contributed by atoms with van der Waals surface area (Å²) in [6.45, 7) is 2.84. The van der Waals surface area contributed by atoms with Crippen molar-refractivity contribution < 1.29 is 23.0 Å². The van der Waals surface area contributed by atoms with Crippen molar-refractivity contribution in [2.45, 2.75) is 25.6 Å². The van der Waals surface area contributed by atoms with Crippen molar-refractivity contribution in [3.63, 3.8) is 0 Å². The molecule has 0 spiro atoms. The quantitative estimate of drug-likeness (QED) is 0.852. The average molecular weight is 234 g/mol. The Bertz CT molecular complexity index is 346. The summed E-state index contributed by atoms with van der Waals surface area (Å²) in [5.74, 6) is 0.0759. The molecule has 1 aromatic carbocycles. The third kappa shape index (κ3) is 2.88. The molecule has 2 nitrogen and oxygen atoms in total. The normalized spacial score (nSPS) is 12.7. The largest absolute Gasteiger partial charge is 0.497 e. The highest BCUT2D eigenvalue weighted by Crippen LogP contribution is 2.35. The smallest absolute Gasteiger partial charge is 0.416 e. The number of methoxy groups -OCH3 is 1. The van der Waals surface area contributed by atoms with Crippen molar-refractivity contribution in [1.29, 1.82) is 0 Å². The first-order valence-electron chi connectivity index (χ1n) is 4.63. The third-order valence-corrected chi connectivity index (χ3v) is 2.18. The van der Waals surface area contributed by atoms with E-state index in [-0.39, 0.29) is 11.3 Å². The van der Waals surface area contributed by atoms with Gasteiger partial charge in [-0.3, -0.25) is 0 Å². The van der Waals surface area contributed by atoms with Crippen molar-refractivity contribution in [3.05, 3.63) is 29.3 Å². The van der Waals surface area contributed by atoms with E-state index in [4.69, 9.17) is 4.74 Å². The summed E-state index contributed by atoms with van der Waals surface area (Å²) < 4.78 is 42.4. The highest BCUT2D eigenvalue weighted by atomic mass is 19.4. The van der Waals surface area contributed by atoms with Crippen LogP contribution in [0.2, 0.25) is 0 Å². The molecule has 0 aliphatic rings. The summed E-state index contributed by atoms with van der Waals surface area (Å²) in [5.41, 5.74) is -2.00. The summed E-state index contributed by atoms with van der Waals surface area (Å²) in [4.78, 5) is 0. The van der Waals surface area contributed by atoms with Crippen LogP contribution in [0.1, 0.15) is 25.0 Å². The van der Waals surface area contributed by atoms with Crippen molar-refractivity contribution in [2.75, 3.05) is 7.11 Å². The first-order chi connectivity index (χ1) is 7.14. The molecule has 0 radical (unpaired) electrons. The van der Waals surface area contributed by atoms with E-state index in [0.717, 1.165) is 12.1 Å². The van der Waals surface area contributed by atoms with Gasteiger partial charge in [-0.1, -0.05) is 0 Å². The van der Waals surface area contributed by atoms with Gasteiger partial charge in [0.1, 0.15) is 5.75 Å². The van der Waals surface area contributed by atoms with Gasteiger partial charge in [0, 0.05) is 0 Å². The standard InChI is InChI=1S/C11H13F3O2/c1-10(2,15)7-4-8(11(12,13)14)6-9(5-7)16-3/h4-6,15H,1-3H3. The maximum absolute atomic E-state index is 12.5. The first kappa shape index (κ1) is 12.8. The van der Waals surface area contributed by atoms with Crippen LogP contribution in [0.3, 0.4) is 0 Å². The minimum atomic E-state index is -4.45. The second-order valence-corrected chi connectivity index (χ2v) is 4.01. The fraction of sp³-hybridized carbons (Fsp3) is 0.455. The van der Waals surface area contributed by atoms with E-state index in [1.165, 1.54) is 27.0 Å². The molecule has 16 heavy (non-hydrogen) atoms. The zero-order chi connectivity index (χ0) is 12.6. The number of hydrogen-bond donors (Lipinski definition) is 1. The van der Waals surface area contributed by atoms with Crippen molar-refractivity contribution in [2.24, 2.45) is 0 Å². The van der Waals surface area contributed by atoms with Crippen LogP contribution >= 0.6 is 0 Å². The fourth-order valence-corrected chi connectivity index (χ4v) is 1.23. The van der Waals surface area contributed by atoms with Crippen LogP contribution in [0, 0.1) is 0 Å². The molecule has 0 unspecified atom stereocenters. The molecule has 0 saturated carbocycles. The molecule has 1 aromatic rings. The van der Waals surface area contributed by atoms with Crippen molar-refractivity contribution >= 4 is 0 Å². The molecule has 0 fully saturated rings. The summed E-state index contributed by atoms with van der Waals surface area (Å²) >= 11 is 0. The van der Waals surface area contributed by atoms with Gasteiger partial charge in [0.25, 0.3) is 0 Å². The minimum Gasteiger partial charge on any atom is -0.497 e. The van der Waals surface area contributed by atoms with Gasteiger partial charge in [-0.2, -0.15) is 13.2 Å². The number of benzene rings is 1. The maximum Gasteiger partial charge on any atom is 0.416 e. The Morgan fingerprint density at radius 2 is 1.56 bits per heavy atom. The van der Waals surface area contributed by atoms with E-state index in [1.807, 2.05) is 0 Å². The SMILES string of the molecule is COc1cc(C(C)(C)O)cc(C(F)(F)F)c1. The predicted octanol–water partition coefficient (Wildman–Crippen LogP) is 2.94. The van der Waals surface area contributed by atoms with Gasteiger partial charge in [-0.15, -0.1) is 0 Å². The van der Waals surface area contributed by atoms with Crippen molar-refractivity contribution in [1.82, 2.24) is 0 Å². The monoisotopic (exact) mass is 234 g/mol. The van der Waals surface area contributed by atoms with E-state index in [1.54, 1.807) is 0 Å². The Kier molecular flexibility index (Phi) is 3.19. The van der Waals surface area contributed by atoms with Gasteiger partial charge in [-0.25, -0.2) is 0 Å². The third-order valence-electron chi connectivity index (χ3n) is 2.18. The summed E-state index contributed by atoms with van der Waals surface area (Å²) in [7, 11) is 1.28. The Labute approximate surface area is 91.7 Å². The molecule has 1 N–H and O–H groups in total. The highest BCUT2D eigenvalue weighted by Gasteiger charge is 2.32. The van der Waals surface area contributed by atoms with Gasteiger partial charge >= 0.3 is 6.18 Å². The molecule has 0 atom stereocenters. The fourth-order valence-electron chi connectivity index (χ4n) is 1.23. The Balaban J connectivity index is 3.33. The molecule has 0 heterocycles. The number of halogens is 3. The van der Waals surface area contributed by atoms with Crippen LogP contribution in [0.25, 0.3) is 0 Å². The summed E-state index contributed by atoms with van der Waals surface area (Å²) in [5, 5.41) is 9.68. The molecule has 0 aromatic heterocycles. The molecule has 5 heteroatoms. The van der Waals surface area contributed by atoms with Crippen LogP contribution in [-0.4, -0.2) is 12.2 Å². The molecule has 0 aliphatic carbocycles. The molecule has 0 bridgehead atoms. The minimum absolute atomic E-state index is 0.0759. The van der Waals surface area contributed by atoms with Crippen LogP contribution in [0.4, 0.5) is 13.2 Å². The number of aliphatic hydroxyl groups is 1. The lowest BCUT2D eigenvalue weighted by Gasteiger charge is -2.20. The molecular formula is C11H13F3O2. The number of ether oxygens (including phenoxy) is 1. The zero-order valence-electron chi connectivity index (χ0n) is 9.22. The molecule has 1 rings (SSSR count). The van der Waals surface area contributed by atoms with Gasteiger partial charge in [-0.05, 0) is 37.6 Å². The van der Waals surface area contributed by atoms with E-state index in [0.29, 0.717) is 0 Å². The topological polar surface area (TPSA) is 29.5 Å². The lowest BCUT2D eigenvalue weighted by Crippen LogP contribution is -2.17. The molecular weight excluding hydrogens is 221 g/mol. The van der Waals surface area contributed by atoms with Gasteiger partial charge in [0.05, 0.1) is 18.3 Å². The highest BCUT2D eigenvalue weighted by molar-refractivity contribution is 5.38. The van der Waals surface area contributed by atoms with Crippen LogP contribution < -0.4 is 4.74 Å². The van der Waals surface area contributed by atoms with E-state index < -0.39 is 17.3 Å². The van der Waals surface area contributed by atoms with Gasteiger partial charge < -0.3 is 9.84 Å². The average Bonchev–Trinajstić information content (AvgIpc) is 2.14. The van der Waals surface area contributed by atoms with Crippen LogP contribution in [0.5, 0.6) is 5.75 Å². The Hall–Kier alpha value is -1.23. The van der Waals surface area contributed by atoms with Crippen LogP contribution in [0.15, 0.2) is 18.2 Å². The zero-order valence-corrected chi connectivity index (χ0v) is 9.22. The molecule has 90 valence electrons. The lowest BCUT2D eigenvalue weighted by molar-refractivity contribution is -0.137. The molecule has 0 amide bonds. The number of hydrogen-bond acceptors (Lipinski definition) is 2. The van der Waals surface area contributed by atoms with E-state index >= 15 is 0 Å². The number of rotatable bonds is 2. The molecule has 0 aliphatic heterocycles. The Morgan fingerprint density at radius 1 is 1.06 bits per heavy atom. The van der Waals surface area contributed by atoms with Crippen molar-refractivity contribution in [3.8, 4) is 5.75 Å². The number of alkyl halides is 3. The lowest BCUT2D eigenvalue weighted by atomic mass is 9.96. The van der Waals surface area contributed by atoms with Gasteiger partial charge in [0.15, 0.2) is 0 Å². The van der Waals surface area contributed by atoms with Gasteiger partial charge in [0.2, 0.25) is 0 Å². The van der Waals surface area contributed by atoms with E-state index in [9.17, 15) is 18.3 Å².